The standard InChI is InChI=1S/C14H21N3O/c15-17-13-8-4-3-7-12(13)14(18)16-10-9-11-5-1-2-6-11/h3-4,7-8,11,17H,1-2,5-6,9-10,15H2,(H,16,18). The number of hydrogen-bond acceptors (Lipinski definition) is 3. The molecule has 2 rings (SSSR count). The molecule has 0 aromatic heterocycles. The van der Waals surface area contributed by atoms with Gasteiger partial charge in [0.15, 0.2) is 0 Å². The lowest BCUT2D eigenvalue weighted by Gasteiger charge is -2.11. The molecule has 0 radical (unpaired) electrons. The van der Waals surface area contributed by atoms with Gasteiger partial charge in [0.1, 0.15) is 0 Å². The highest BCUT2D eigenvalue weighted by atomic mass is 16.1. The van der Waals surface area contributed by atoms with Crippen LogP contribution in [0, 0.1) is 5.92 Å². The number of nitrogens with one attached hydrogen (secondary N) is 2. The fourth-order valence-corrected chi connectivity index (χ4v) is 2.59. The van der Waals surface area contributed by atoms with Crippen LogP contribution in [-0.4, -0.2) is 12.5 Å². The summed E-state index contributed by atoms with van der Waals surface area (Å²) in [7, 11) is 0. The molecule has 0 spiro atoms. The third-order valence-electron chi connectivity index (χ3n) is 3.64. The van der Waals surface area contributed by atoms with E-state index < -0.39 is 0 Å². The fourth-order valence-electron chi connectivity index (χ4n) is 2.59. The number of carbonyl (C=O) groups is 1. The average molecular weight is 247 g/mol. The summed E-state index contributed by atoms with van der Waals surface area (Å²) in [6.45, 7) is 0.752. The molecule has 0 aliphatic heterocycles. The van der Waals surface area contributed by atoms with Gasteiger partial charge in [0.05, 0.1) is 11.3 Å². The molecule has 1 aromatic rings. The molecular formula is C14H21N3O. The summed E-state index contributed by atoms with van der Waals surface area (Å²) < 4.78 is 0. The molecule has 4 heteroatoms. The van der Waals surface area contributed by atoms with Gasteiger partial charge in [-0.2, -0.15) is 0 Å². The maximum absolute atomic E-state index is 12.0. The summed E-state index contributed by atoms with van der Waals surface area (Å²) in [5.74, 6) is 6.13. The number of benzene rings is 1. The number of rotatable bonds is 5. The summed E-state index contributed by atoms with van der Waals surface area (Å²) in [5, 5.41) is 2.97. The van der Waals surface area contributed by atoms with Gasteiger partial charge in [-0.3, -0.25) is 10.6 Å². The number of nitrogen functional groups attached to an aromatic ring is 1. The van der Waals surface area contributed by atoms with E-state index in [1.807, 2.05) is 12.1 Å². The van der Waals surface area contributed by atoms with Gasteiger partial charge in [0.2, 0.25) is 0 Å². The third kappa shape index (κ3) is 3.23. The molecule has 0 unspecified atom stereocenters. The molecule has 1 fully saturated rings. The Morgan fingerprint density at radius 3 is 2.72 bits per heavy atom. The zero-order valence-corrected chi connectivity index (χ0v) is 10.6. The Bertz CT molecular complexity index is 400. The van der Waals surface area contributed by atoms with Crippen LogP contribution in [0.4, 0.5) is 5.69 Å². The fraction of sp³-hybridized carbons (Fsp3) is 0.500. The van der Waals surface area contributed by atoms with Gasteiger partial charge in [-0.1, -0.05) is 37.8 Å². The van der Waals surface area contributed by atoms with Gasteiger partial charge >= 0.3 is 0 Å². The van der Waals surface area contributed by atoms with Gasteiger partial charge in [0.25, 0.3) is 5.91 Å². The zero-order chi connectivity index (χ0) is 12.8. The molecule has 4 nitrogen and oxygen atoms in total. The molecule has 1 saturated carbocycles. The topological polar surface area (TPSA) is 67.1 Å². The van der Waals surface area contributed by atoms with Crippen molar-refractivity contribution >= 4 is 11.6 Å². The van der Waals surface area contributed by atoms with Crippen LogP contribution in [0.1, 0.15) is 42.5 Å². The number of carbonyl (C=O) groups excluding carboxylic acids is 1. The normalized spacial score (nSPS) is 15.6. The number of anilines is 1. The van der Waals surface area contributed by atoms with Crippen molar-refractivity contribution in [3.8, 4) is 0 Å². The van der Waals surface area contributed by atoms with E-state index in [0.29, 0.717) is 11.3 Å². The maximum Gasteiger partial charge on any atom is 0.253 e. The van der Waals surface area contributed by atoms with E-state index in [1.54, 1.807) is 12.1 Å². The first kappa shape index (κ1) is 12.9. The number of para-hydroxylation sites is 1. The molecule has 0 bridgehead atoms. The van der Waals surface area contributed by atoms with Crippen LogP contribution < -0.4 is 16.6 Å². The van der Waals surface area contributed by atoms with E-state index in [4.69, 9.17) is 5.84 Å². The lowest BCUT2D eigenvalue weighted by atomic mass is 10.0. The summed E-state index contributed by atoms with van der Waals surface area (Å²) >= 11 is 0. The molecule has 1 aliphatic rings. The molecule has 18 heavy (non-hydrogen) atoms. The number of hydrogen-bond donors (Lipinski definition) is 3. The van der Waals surface area contributed by atoms with E-state index >= 15 is 0 Å². The van der Waals surface area contributed by atoms with Gasteiger partial charge in [-0.05, 0) is 24.5 Å². The minimum Gasteiger partial charge on any atom is -0.352 e. The SMILES string of the molecule is NNc1ccccc1C(=O)NCCC1CCCC1. The monoisotopic (exact) mass is 247 g/mol. The first-order chi connectivity index (χ1) is 8.81. The van der Waals surface area contributed by atoms with Gasteiger partial charge in [-0.25, -0.2) is 0 Å². The molecule has 1 aliphatic carbocycles. The molecule has 98 valence electrons. The lowest BCUT2D eigenvalue weighted by molar-refractivity contribution is 0.0952. The average Bonchev–Trinajstić information content (AvgIpc) is 2.91. The van der Waals surface area contributed by atoms with Crippen molar-refractivity contribution in [2.24, 2.45) is 11.8 Å². The molecule has 1 amide bonds. The van der Waals surface area contributed by atoms with Crippen LogP contribution in [0.15, 0.2) is 24.3 Å². The van der Waals surface area contributed by atoms with E-state index in [-0.39, 0.29) is 5.91 Å². The Balaban J connectivity index is 1.83. The van der Waals surface area contributed by atoms with Crippen molar-refractivity contribution in [2.45, 2.75) is 32.1 Å². The van der Waals surface area contributed by atoms with Crippen molar-refractivity contribution in [2.75, 3.05) is 12.0 Å². The first-order valence-electron chi connectivity index (χ1n) is 6.65. The predicted octanol–water partition coefficient (Wildman–Crippen LogP) is 2.28. The molecule has 4 N–H and O–H groups in total. The Morgan fingerprint density at radius 1 is 1.28 bits per heavy atom. The molecule has 0 heterocycles. The van der Waals surface area contributed by atoms with Gasteiger partial charge < -0.3 is 10.7 Å². The number of hydrazine groups is 1. The van der Waals surface area contributed by atoms with Gasteiger partial charge in [0, 0.05) is 6.54 Å². The third-order valence-corrected chi connectivity index (χ3v) is 3.64. The van der Waals surface area contributed by atoms with Crippen molar-refractivity contribution in [3.05, 3.63) is 29.8 Å². The molecule has 1 aromatic carbocycles. The van der Waals surface area contributed by atoms with Crippen molar-refractivity contribution in [1.29, 1.82) is 0 Å². The molecule has 0 atom stereocenters. The highest BCUT2D eigenvalue weighted by Crippen LogP contribution is 2.26. The lowest BCUT2D eigenvalue weighted by Crippen LogP contribution is -2.27. The second kappa shape index (κ2) is 6.40. The Hall–Kier alpha value is -1.55. The van der Waals surface area contributed by atoms with Gasteiger partial charge in [-0.15, -0.1) is 0 Å². The Kier molecular flexibility index (Phi) is 4.59. The van der Waals surface area contributed by atoms with Crippen molar-refractivity contribution in [1.82, 2.24) is 5.32 Å². The zero-order valence-electron chi connectivity index (χ0n) is 10.6. The highest BCUT2D eigenvalue weighted by molar-refractivity contribution is 5.99. The van der Waals surface area contributed by atoms with E-state index in [9.17, 15) is 4.79 Å². The van der Waals surface area contributed by atoms with Crippen LogP contribution in [0.2, 0.25) is 0 Å². The van der Waals surface area contributed by atoms with Crippen LogP contribution in [0.5, 0.6) is 0 Å². The maximum atomic E-state index is 12.0. The number of nitrogens with two attached hydrogens (primary N) is 1. The van der Waals surface area contributed by atoms with Crippen LogP contribution in [0.3, 0.4) is 0 Å². The largest absolute Gasteiger partial charge is 0.352 e. The number of amides is 1. The predicted molar refractivity (Wildman–Crippen MR) is 73.2 cm³/mol. The minimum absolute atomic E-state index is 0.0541. The van der Waals surface area contributed by atoms with Crippen LogP contribution in [0.25, 0.3) is 0 Å². The quantitative estimate of drug-likeness (QED) is 0.552. The Morgan fingerprint density at radius 2 is 2.00 bits per heavy atom. The van der Waals surface area contributed by atoms with E-state index in [2.05, 4.69) is 10.7 Å². The molecular weight excluding hydrogens is 226 g/mol. The summed E-state index contributed by atoms with van der Waals surface area (Å²) in [6, 6.07) is 7.27. The smallest absolute Gasteiger partial charge is 0.253 e. The van der Waals surface area contributed by atoms with E-state index in [1.165, 1.54) is 25.7 Å². The molecule has 0 saturated heterocycles. The van der Waals surface area contributed by atoms with Crippen molar-refractivity contribution in [3.63, 3.8) is 0 Å². The second-order valence-corrected chi connectivity index (χ2v) is 4.88. The van der Waals surface area contributed by atoms with Crippen LogP contribution in [-0.2, 0) is 0 Å². The highest BCUT2D eigenvalue weighted by Gasteiger charge is 2.15. The van der Waals surface area contributed by atoms with Crippen LogP contribution >= 0.6 is 0 Å². The summed E-state index contributed by atoms with van der Waals surface area (Å²) in [4.78, 5) is 12.0. The first-order valence-corrected chi connectivity index (χ1v) is 6.65. The van der Waals surface area contributed by atoms with Crippen molar-refractivity contribution < 1.29 is 4.79 Å². The summed E-state index contributed by atoms with van der Waals surface area (Å²) in [6.07, 6.45) is 6.41. The Labute approximate surface area is 108 Å². The second-order valence-electron chi connectivity index (χ2n) is 4.88. The van der Waals surface area contributed by atoms with E-state index in [0.717, 1.165) is 18.9 Å². The minimum atomic E-state index is -0.0541. The summed E-state index contributed by atoms with van der Waals surface area (Å²) in [5.41, 5.74) is 3.81.